The Bertz CT molecular complexity index is 414. The largest absolute Gasteiger partial charge is 0.478 e. The Kier molecular flexibility index (Phi) is 2.37. The van der Waals surface area contributed by atoms with Gasteiger partial charge in [0.2, 0.25) is 5.76 Å². The second-order valence-electron chi connectivity index (χ2n) is 2.52. The highest BCUT2D eigenvalue weighted by atomic mass is 16.4. The summed E-state index contributed by atoms with van der Waals surface area (Å²) in [6, 6.07) is 0. The summed E-state index contributed by atoms with van der Waals surface area (Å²) in [6.45, 7) is 1.31. The third-order valence-electron chi connectivity index (χ3n) is 1.70. The molecular weight excluding hydrogens is 192 g/mol. The van der Waals surface area contributed by atoms with Gasteiger partial charge in [0.15, 0.2) is 12.0 Å². The van der Waals surface area contributed by atoms with Gasteiger partial charge in [0.05, 0.1) is 0 Å². The molecule has 0 amide bonds. The van der Waals surface area contributed by atoms with Gasteiger partial charge in [-0.3, -0.25) is 4.79 Å². The third kappa shape index (κ3) is 1.37. The lowest BCUT2D eigenvalue weighted by Gasteiger charge is -1.91. The Balaban J connectivity index is 3.50. The van der Waals surface area contributed by atoms with E-state index in [9.17, 15) is 14.4 Å². The molecular formula is C8H6O6. The van der Waals surface area contributed by atoms with E-state index in [1.807, 2.05) is 0 Å². The molecule has 6 nitrogen and oxygen atoms in total. The average molecular weight is 198 g/mol. The fraction of sp³-hybridized carbons (Fsp3) is 0.125. The molecule has 0 radical (unpaired) electrons. The van der Waals surface area contributed by atoms with Gasteiger partial charge in [-0.2, -0.15) is 0 Å². The van der Waals surface area contributed by atoms with Crippen molar-refractivity contribution >= 4 is 18.2 Å². The molecule has 1 aromatic heterocycles. The first-order valence-electron chi connectivity index (χ1n) is 3.54. The Morgan fingerprint density at radius 2 is 1.86 bits per heavy atom. The lowest BCUT2D eigenvalue weighted by Crippen LogP contribution is -2.05. The minimum atomic E-state index is -1.52. The molecule has 1 aromatic rings. The Hall–Kier alpha value is -2.11. The minimum absolute atomic E-state index is 0.0184. The summed E-state index contributed by atoms with van der Waals surface area (Å²) in [5.74, 6) is -3.95. The van der Waals surface area contributed by atoms with E-state index in [1.54, 1.807) is 0 Å². The summed E-state index contributed by atoms with van der Waals surface area (Å²) in [5, 5.41) is 17.2. The monoisotopic (exact) mass is 198 g/mol. The van der Waals surface area contributed by atoms with Crippen LogP contribution in [0.25, 0.3) is 0 Å². The van der Waals surface area contributed by atoms with Crippen molar-refractivity contribution in [1.82, 2.24) is 0 Å². The van der Waals surface area contributed by atoms with E-state index in [0.29, 0.717) is 0 Å². The van der Waals surface area contributed by atoms with Gasteiger partial charge >= 0.3 is 11.9 Å². The van der Waals surface area contributed by atoms with Crippen molar-refractivity contribution in [3.8, 4) is 0 Å². The highest BCUT2D eigenvalue weighted by Crippen LogP contribution is 2.20. The first kappa shape index (κ1) is 9.97. The zero-order valence-electron chi connectivity index (χ0n) is 7.10. The van der Waals surface area contributed by atoms with Gasteiger partial charge in [0, 0.05) is 5.56 Å². The minimum Gasteiger partial charge on any atom is -0.478 e. The molecule has 0 fully saturated rings. The number of aldehydes is 1. The molecule has 6 heteroatoms. The second kappa shape index (κ2) is 3.33. The highest BCUT2D eigenvalue weighted by Gasteiger charge is 2.26. The molecule has 0 atom stereocenters. The molecule has 0 aliphatic rings. The van der Waals surface area contributed by atoms with Crippen LogP contribution in [0.15, 0.2) is 4.42 Å². The van der Waals surface area contributed by atoms with E-state index in [-0.39, 0.29) is 17.6 Å². The summed E-state index contributed by atoms with van der Waals surface area (Å²) in [7, 11) is 0. The fourth-order valence-corrected chi connectivity index (χ4v) is 1.05. The van der Waals surface area contributed by atoms with Crippen LogP contribution in [0.5, 0.6) is 0 Å². The lowest BCUT2D eigenvalue weighted by atomic mass is 10.1. The van der Waals surface area contributed by atoms with Crippen LogP contribution in [0, 0.1) is 6.92 Å². The van der Waals surface area contributed by atoms with Gasteiger partial charge in [0.1, 0.15) is 5.56 Å². The molecule has 2 N–H and O–H groups in total. The quantitative estimate of drug-likeness (QED) is 0.696. The summed E-state index contributed by atoms with van der Waals surface area (Å²) in [5.41, 5.74) is -0.468. The maximum Gasteiger partial charge on any atom is 0.372 e. The van der Waals surface area contributed by atoms with E-state index < -0.39 is 23.3 Å². The number of furan rings is 1. The number of hydrogen-bond acceptors (Lipinski definition) is 4. The Labute approximate surface area is 77.8 Å². The van der Waals surface area contributed by atoms with Gasteiger partial charge < -0.3 is 14.6 Å². The summed E-state index contributed by atoms with van der Waals surface area (Å²) in [6.07, 6.45) is 0.272. The van der Waals surface area contributed by atoms with Gasteiger partial charge in [-0.15, -0.1) is 0 Å². The smallest absolute Gasteiger partial charge is 0.372 e. The van der Waals surface area contributed by atoms with E-state index in [0.717, 1.165) is 0 Å². The molecule has 0 unspecified atom stereocenters. The van der Waals surface area contributed by atoms with Crippen LogP contribution in [-0.2, 0) is 0 Å². The number of aromatic carboxylic acids is 2. The average Bonchev–Trinajstić information content (AvgIpc) is 2.42. The molecule has 1 rings (SSSR count). The predicted octanol–water partition coefficient (Wildman–Crippen LogP) is 0.797. The first-order valence-corrected chi connectivity index (χ1v) is 3.54. The number of carbonyl (C=O) groups is 3. The van der Waals surface area contributed by atoms with Crippen LogP contribution >= 0.6 is 0 Å². The maximum atomic E-state index is 10.6. The molecule has 0 saturated carbocycles. The van der Waals surface area contributed by atoms with E-state index in [4.69, 9.17) is 10.2 Å². The number of rotatable bonds is 3. The normalized spacial score (nSPS) is 9.79. The van der Waals surface area contributed by atoms with Crippen molar-refractivity contribution in [1.29, 1.82) is 0 Å². The zero-order chi connectivity index (χ0) is 10.9. The van der Waals surface area contributed by atoms with E-state index >= 15 is 0 Å². The van der Waals surface area contributed by atoms with Crippen molar-refractivity contribution in [2.45, 2.75) is 6.92 Å². The maximum absolute atomic E-state index is 10.6. The number of carboxylic acid groups (broad SMARTS) is 2. The van der Waals surface area contributed by atoms with Crippen molar-refractivity contribution in [3.05, 3.63) is 22.6 Å². The third-order valence-corrected chi connectivity index (χ3v) is 1.70. The number of carbonyl (C=O) groups excluding carboxylic acids is 1. The lowest BCUT2D eigenvalue weighted by molar-refractivity contribution is 0.0624. The number of carboxylic acids is 2. The van der Waals surface area contributed by atoms with Gasteiger partial charge in [-0.25, -0.2) is 9.59 Å². The van der Waals surface area contributed by atoms with Crippen LogP contribution in [0.4, 0.5) is 0 Å². The molecule has 0 aliphatic carbocycles. The van der Waals surface area contributed by atoms with Crippen LogP contribution < -0.4 is 0 Å². The molecule has 1 heterocycles. The summed E-state index contributed by atoms with van der Waals surface area (Å²) >= 11 is 0. The second-order valence-corrected chi connectivity index (χ2v) is 2.52. The molecule has 0 aliphatic heterocycles. The van der Waals surface area contributed by atoms with E-state index in [1.165, 1.54) is 6.92 Å². The molecule has 0 saturated heterocycles. The van der Waals surface area contributed by atoms with Crippen molar-refractivity contribution in [2.24, 2.45) is 0 Å². The van der Waals surface area contributed by atoms with Crippen LogP contribution in [0.2, 0.25) is 0 Å². The summed E-state index contributed by atoms with van der Waals surface area (Å²) in [4.78, 5) is 31.5. The molecule has 0 spiro atoms. The van der Waals surface area contributed by atoms with Gasteiger partial charge in [-0.1, -0.05) is 0 Å². The summed E-state index contributed by atoms with van der Waals surface area (Å²) < 4.78 is 4.57. The first-order chi connectivity index (χ1) is 6.49. The van der Waals surface area contributed by atoms with Crippen molar-refractivity contribution < 1.29 is 29.0 Å². The molecule has 74 valence electrons. The predicted molar refractivity (Wildman–Crippen MR) is 42.8 cm³/mol. The van der Waals surface area contributed by atoms with Crippen LogP contribution in [-0.4, -0.2) is 28.4 Å². The standard InChI is InChI=1S/C8H6O6/c1-3-4(2-9)14-6(8(12)13)5(3)7(10)11/h2H,1H3,(H,10,11)(H,12,13). The topological polar surface area (TPSA) is 105 Å². The van der Waals surface area contributed by atoms with E-state index in [2.05, 4.69) is 4.42 Å². The Morgan fingerprint density at radius 3 is 2.14 bits per heavy atom. The van der Waals surface area contributed by atoms with Crippen LogP contribution in [0.3, 0.4) is 0 Å². The number of hydrogen-bond donors (Lipinski definition) is 2. The highest BCUT2D eigenvalue weighted by molar-refractivity contribution is 6.02. The molecule has 14 heavy (non-hydrogen) atoms. The molecule has 0 bridgehead atoms. The van der Waals surface area contributed by atoms with Crippen molar-refractivity contribution in [2.75, 3.05) is 0 Å². The SMILES string of the molecule is Cc1c(C=O)oc(C(=O)O)c1C(=O)O. The Morgan fingerprint density at radius 1 is 1.29 bits per heavy atom. The molecule has 0 aromatic carbocycles. The zero-order valence-corrected chi connectivity index (χ0v) is 7.10. The van der Waals surface area contributed by atoms with Crippen LogP contribution in [0.1, 0.15) is 37.0 Å². The van der Waals surface area contributed by atoms with Gasteiger partial charge in [0.25, 0.3) is 0 Å². The van der Waals surface area contributed by atoms with Crippen molar-refractivity contribution in [3.63, 3.8) is 0 Å². The van der Waals surface area contributed by atoms with Gasteiger partial charge in [-0.05, 0) is 6.92 Å². The fourth-order valence-electron chi connectivity index (χ4n) is 1.05.